The second-order valence-electron chi connectivity index (χ2n) is 3.39. The average Bonchev–Trinajstić information content (AvgIpc) is 2.44. The van der Waals surface area contributed by atoms with E-state index in [1.165, 1.54) is 0 Å². The van der Waals surface area contributed by atoms with Gasteiger partial charge in [0, 0.05) is 11.5 Å². The predicted octanol–water partition coefficient (Wildman–Crippen LogP) is 1.51. The summed E-state index contributed by atoms with van der Waals surface area (Å²) in [5, 5.41) is 7.70. The summed E-state index contributed by atoms with van der Waals surface area (Å²) in [4.78, 5) is 11.3. The lowest BCUT2D eigenvalue weighted by Crippen LogP contribution is -2.42. The number of azo groups is 1. The SMILES string of the molecule is CC(C)=C=C1C(=O)C2N=NCC12. The first-order valence-corrected chi connectivity index (χ1v) is 4.05. The number of Topliss-reactive ketones (excluding diaryl/α,β-unsaturated/α-hetero) is 1. The number of ketones is 1. The van der Waals surface area contributed by atoms with E-state index in [2.05, 4.69) is 16.0 Å². The van der Waals surface area contributed by atoms with Gasteiger partial charge < -0.3 is 0 Å². The third kappa shape index (κ3) is 0.868. The van der Waals surface area contributed by atoms with Gasteiger partial charge in [-0.2, -0.15) is 10.2 Å². The second kappa shape index (κ2) is 2.39. The molecule has 1 aliphatic carbocycles. The molecule has 3 heteroatoms. The van der Waals surface area contributed by atoms with Crippen LogP contribution in [0.3, 0.4) is 0 Å². The van der Waals surface area contributed by atoms with Crippen LogP contribution in [0.1, 0.15) is 13.8 Å². The summed E-state index contributed by atoms with van der Waals surface area (Å²) in [6, 6.07) is -0.160. The predicted molar refractivity (Wildman–Crippen MR) is 43.9 cm³/mol. The van der Waals surface area contributed by atoms with Crippen LogP contribution in [-0.2, 0) is 4.79 Å². The summed E-state index contributed by atoms with van der Waals surface area (Å²) in [6.45, 7) is 4.56. The van der Waals surface area contributed by atoms with Gasteiger partial charge in [-0.05, 0) is 19.4 Å². The lowest BCUT2D eigenvalue weighted by atomic mass is 9.74. The van der Waals surface area contributed by atoms with E-state index < -0.39 is 0 Å². The molecule has 0 aromatic rings. The van der Waals surface area contributed by atoms with E-state index in [1.807, 2.05) is 13.8 Å². The highest BCUT2D eigenvalue weighted by Crippen LogP contribution is 2.36. The minimum absolute atomic E-state index is 0.113. The van der Waals surface area contributed by atoms with E-state index in [1.54, 1.807) is 0 Å². The maximum Gasteiger partial charge on any atom is 0.194 e. The third-order valence-electron chi connectivity index (χ3n) is 2.16. The first-order valence-electron chi connectivity index (χ1n) is 4.05. The number of hydrogen-bond acceptors (Lipinski definition) is 3. The zero-order valence-corrected chi connectivity index (χ0v) is 7.16. The molecule has 2 aliphatic rings. The molecule has 1 aliphatic heterocycles. The van der Waals surface area contributed by atoms with Crippen LogP contribution in [0.4, 0.5) is 0 Å². The maximum atomic E-state index is 11.3. The highest BCUT2D eigenvalue weighted by molar-refractivity contribution is 6.07. The molecule has 0 aromatic heterocycles. The maximum absolute atomic E-state index is 11.3. The molecular formula is C9H10N2O. The summed E-state index contributed by atoms with van der Waals surface area (Å²) >= 11 is 0. The van der Waals surface area contributed by atoms with Gasteiger partial charge in [0.2, 0.25) is 0 Å². The minimum Gasteiger partial charge on any atom is -0.291 e. The first-order chi connectivity index (χ1) is 5.70. The molecule has 12 heavy (non-hydrogen) atoms. The fraction of sp³-hybridized carbons (Fsp3) is 0.556. The topological polar surface area (TPSA) is 41.8 Å². The molecule has 1 heterocycles. The van der Waals surface area contributed by atoms with E-state index in [0.717, 1.165) is 11.1 Å². The van der Waals surface area contributed by atoms with Crippen molar-refractivity contribution in [3.63, 3.8) is 0 Å². The normalized spacial score (nSPS) is 31.2. The number of hydrogen-bond donors (Lipinski definition) is 0. The Balaban J connectivity index is 2.35. The molecule has 0 bridgehead atoms. The van der Waals surface area contributed by atoms with E-state index >= 15 is 0 Å². The first kappa shape index (κ1) is 7.44. The largest absolute Gasteiger partial charge is 0.291 e. The van der Waals surface area contributed by atoms with Crippen molar-refractivity contribution in [3.8, 4) is 0 Å². The molecule has 0 radical (unpaired) electrons. The number of nitrogens with zero attached hydrogens (tertiary/aromatic N) is 2. The second-order valence-corrected chi connectivity index (χ2v) is 3.39. The molecular weight excluding hydrogens is 152 g/mol. The van der Waals surface area contributed by atoms with Crippen LogP contribution >= 0.6 is 0 Å². The number of carbonyl (C=O) groups is 1. The van der Waals surface area contributed by atoms with Gasteiger partial charge in [-0.1, -0.05) is 0 Å². The number of rotatable bonds is 0. The van der Waals surface area contributed by atoms with Crippen LogP contribution in [0.15, 0.2) is 27.1 Å². The molecule has 1 saturated carbocycles. The van der Waals surface area contributed by atoms with Crippen LogP contribution < -0.4 is 0 Å². The third-order valence-corrected chi connectivity index (χ3v) is 2.16. The van der Waals surface area contributed by atoms with Crippen molar-refractivity contribution in [1.29, 1.82) is 0 Å². The monoisotopic (exact) mass is 162 g/mol. The smallest absolute Gasteiger partial charge is 0.194 e. The molecule has 0 aromatic carbocycles. The lowest BCUT2D eigenvalue weighted by molar-refractivity contribution is -0.121. The molecule has 0 spiro atoms. The Kier molecular flexibility index (Phi) is 1.48. The van der Waals surface area contributed by atoms with Crippen LogP contribution in [0.25, 0.3) is 0 Å². The average molecular weight is 162 g/mol. The highest BCUT2D eigenvalue weighted by Gasteiger charge is 2.48. The van der Waals surface area contributed by atoms with E-state index in [4.69, 9.17) is 0 Å². The molecule has 1 fully saturated rings. The van der Waals surface area contributed by atoms with E-state index in [-0.39, 0.29) is 17.7 Å². The van der Waals surface area contributed by atoms with Crippen molar-refractivity contribution in [2.45, 2.75) is 19.9 Å². The van der Waals surface area contributed by atoms with E-state index in [9.17, 15) is 4.79 Å². The van der Waals surface area contributed by atoms with Gasteiger partial charge in [0.05, 0.1) is 6.54 Å². The lowest BCUT2D eigenvalue weighted by Gasteiger charge is -2.26. The summed E-state index contributed by atoms with van der Waals surface area (Å²) in [5.41, 5.74) is 4.91. The standard InChI is InChI=1S/C9H10N2O/c1-5(2)3-6-7-4-10-11-8(7)9(6)12/h7-8H,4H2,1-2H3. The Hall–Kier alpha value is -1.21. The van der Waals surface area contributed by atoms with Crippen molar-refractivity contribution in [1.82, 2.24) is 0 Å². The Morgan fingerprint density at radius 1 is 1.58 bits per heavy atom. The van der Waals surface area contributed by atoms with Crippen LogP contribution in [0.5, 0.6) is 0 Å². The highest BCUT2D eigenvalue weighted by atomic mass is 16.1. The molecule has 62 valence electrons. The van der Waals surface area contributed by atoms with Gasteiger partial charge >= 0.3 is 0 Å². The van der Waals surface area contributed by atoms with Crippen molar-refractivity contribution < 1.29 is 4.79 Å². The quantitative estimate of drug-likeness (QED) is 0.393. The van der Waals surface area contributed by atoms with Crippen molar-refractivity contribution in [2.75, 3.05) is 6.54 Å². The summed E-state index contributed by atoms with van der Waals surface area (Å²) in [6.07, 6.45) is 0. The Morgan fingerprint density at radius 3 is 3.00 bits per heavy atom. The molecule has 2 unspecified atom stereocenters. The molecule has 3 nitrogen and oxygen atoms in total. The molecule has 0 amide bonds. The van der Waals surface area contributed by atoms with Gasteiger partial charge in [-0.15, -0.1) is 5.73 Å². The fourth-order valence-corrected chi connectivity index (χ4v) is 1.56. The van der Waals surface area contributed by atoms with Crippen molar-refractivity contribution in [2.24, 2.45) is 16.1 Å². The molecule has 2 atom stereocenters. The van der Waals surface area contributed by atoms with Gasteiger partial charge in [0.25, 0.3) is 0 Å². The Labute approximate surface area is 70.9 Å². The summed E-state index contributed by atoms with van der Waals surface area (Å²) < 4.78 is 0. The van der Waals surface area contributed by atoms with Crippen LogP contribution in [-0.4, -0.2) is 18.4 Å². The fourth-order valence-electron chi connectivity index (χ4n) is 1.56. The van der Waals surface area contributed by atoms with Gasteiger partial charge in [0.15, 0.2) is 5.78 Å². The zero-order valence-electron chi connectivity index (χ0n) is 7.16. The summed E-state index contributed by atoms with van der Waals surface area (Å²) in [5.74, 6) is 0.356. The molecule has 0 saturated heterocycles. The Morgan fingerprint density at radius 2 is 2.33 bits per heavy atom. The summed E-state index contributed by atoms with van der Waals surface area (Å²) in [7, 11) is 0. The van der Waals surface area contributed by atoms with Gasteiger partial charge in [-0.25, -0.2) is 0 Å². The molecule has 0 N–H and O–H groups in total. The van der Waals surface area contributed by atoms with Crippen LogP contribution in [0.2, 0.25) is 0 Å². The number of fused-ring (bicyclic) bond motifs is 1. The van der Waals surface area contributed by atoms with Gasteiger partial charge in [-0.3, -0.25) is 4.79 Å². The van der Waals surface area contributed by atoms with Crippen molar-refractivity contribution in [3.05, 3.63) is 16.9 Å². The minimum atomic E-state index is -0.160. The Bertz CT molecular complexity index is 330. The van der Waals surface area contributed by atoms with Crippen LogP contribution in [0, 0.1) is 5.92 Å². The number of carbonyl (C=O) groups excluding carboxylic acids is 1. The van der Waals surface area contributed by atoms with E-state index in [0.29, 0.717) is 6.54 Å². The zero-order chi connectivity index (χ0) is 8.72. The van der Waals surface area contributed by atoms with Crippen molar-refractivity contribution >= 4 is 5.78 Å². The molecule has 2 rings (SSSR count). The van der Waals surface area contributed by atoms with Gasteiger partial charge in [0.1, 0.15) is 6.04 Å².